The van der Waals surface area contributed by atoms with Crippen LogP contribution in [-0.4, -0.2) is 62.0 Å². The van der Waals surface area contributed by atoms with Crippen molar-refractivity contribution >= 4 is 12.1 Å². The van der Waals surface area contributed by atoms with Crippen LogP contribution in [0.25, 0.3) is 0 Å². The average molecular weight is 533 g/mol. The number of carbonyl (C=O) groups is 2. The number of nitrogens with one attached hydrogen (secondary N) is 1. The first-order chi connectivity index (χ1) is 17.9. The summed E-state index contributed by atoms with van der Waals surface area (Å²) in [7, 11) is 3.31. The Morgan fingerprint density at radius 1 is 1.11 bits per heavy atom. The van der Waals surface area contributed by atoms with E-state index in [2.05, 4.69) is 36.2 Å². The van der Waals surface area contributed by atoms with Crippen molar-refractivity contribution in [3.05, 3.63) is 23.3 Å². The number of methoxy groups -OCH3 is 2. The number of carbonyl (C=O) groups excluding carboxylic acids is 2. The maximum Gasteiger partial charge on any atom is 0.408 e. The van der Waals surface area contributed by atoms with Gasteiger partial charge < -0.3 is 24.3 Å². The summed E-state index contributed by atoms with van der Waals surface area (Å²) in [6, 6.07) is 3.52. The van der Waals surface area contributed by atoms with E-state index in [0.717, 1.165) is 38.1 Å². The molecule has 0 radical (unpaired) electrons. The Morgan fingerprint density at radius 3 is 2.34 bits per heavy atom. The maximum atomic E-state index is 13.6. The molecule has 0 bridgehead atoms. The highest BCUT2D eigenvalue weighted by Gasteiger charge is 2.42. The van der Waals surface area contributed by atoms with E-state index >= 15 is 0 Å². The molecule has 2 heterocycles. The minimum atomic E-state index is -0.768. The molecule has 1 aromatic carbocycles. The number of rotatable bonds is 9. The lowest BCUT2D eigenvalue weighted by molar-refractivity contribution is -0.161. The highest BCUT2D eigenvalue weighted by atomic mass is 16.6. The van der Waals surface area contributed by atoms with E-state index in [9.17, 15) is 9.59 Å². The molecular weight excluding hydrogens is 484 g/mol. The number of ether oxygens (including phenoxy) is 4. The number of nitrogens with zero attached hydrogens (tertiary/aromatic N) is 1. The highest BCUT2D eigenvalue weighted by molar-refractivity contribution is 5.82. The van der Waals surface area contributed by atoms with Gasteiger partial charge in [-0.05, 0) is 68.7 Å². The van der Waals surface area contributed by atoms with E-state index < -0.39 is 17.7 Å². The van der Waals surface area contributed by atoms with Gasteiger partial charge in [-0.15, -0.1) is 0 Å². The van der Waals surface area contributed by atoms with Crippen molar-refractivity contribution in [2.24, 2.45) is 17.8 Å². The monoisotopic (exact) mass is 532 g/mol. The molecule has 8 nitrogen and oxygen atoms in total. The van der Waals surface area contributed by atoms with Gasteiger partial charge in [-0.2, -0.15) is 0 Å². The molecule has 1 amide bonds. The Labute approximate surface area is 228 Å². The molecule has 0 aromatic heterocycles. The summed E-state index contributed by atoms with van der Waals surface area (Å²) < 4.78 is 22.9. The zero-order valence-electron chi connectivity index (χ0n) is 24.8. The van der Waals surface area contributed by atoms with Crippen LogP contribution in [-0.2, 0) is 20.7 Å². The van der Waals surface area contributed by atoms with Gasteiger partial charge in [0.2, 0.25) is 0 Å². The van der Waals surface area contributed by atoms with Crippen LogP contribution in [0.15, 0.2) is 12.1 Å². The van der Waals surface area contributed by atoms with Gasteiger partial charge in [0.05, 0.1) is 14.2 Å². The first-order valence-corrected chi connectivity index (χ1v) is 14.1. The number of amides is 1. The molecule has 1 fully saturated rings. The average Bonchev–Trinajstić information content (AvgIpc) is 2.84. The molecule has 0 spiro atoms. The lowest BCUT2D eigenvalue weighted by Crippen LogP contribution is -2.52. The molecule has 5 atom stereocenters. The Balaban J connectivity index is 1.86. The summed E-state index contributed by atoms with van der Waals surface area (Å²) in [6.07, 6.45) is 2.48. The third-order valence-corrected chi connectivity index (χ3v) is 7.74. The highest BCUT2D eigenvalue weighted by Crippen LogP contribution is 2.44. The van der Waals surface area contributed by atoms with Gasteiger partial charge in [0, 0.05) is 31.5 Å². The first-order valence-electron chi connectivity index (χ1n) is 14.1. The second-order valence-electron chi connectivity index (χ2n) is 12.3. The zero-order chi connectivity index (χ0) is 28.2. The zero-order valence-corrected chi connectivity index (χ0v) is 24.8. The Kier molecular flexibility index (Phi) is 9.96. The minimum absolute atomic E-state index is 0.0919. The number of esters is 1. The van der Waals surface area contributed by atoms with Crippen molar-refractivity contribution < 1.29 is 28.5 Å². The molecule has 1 saturated heterocycles. The molecule has 1 N–H and O–H groups in total. The number of hydrogen-bond donors (Lipinski definition) is 1. The number of piperidine rings is 1. The van der Waals surface area contributed by atoms with Crippen molar-refractivity contribution in [2.45, 2.75) is 97.9 Å². The molecule has 1 unspecified atom stereocenters. The van der Waals surface area contributed by atoms with Crippen molar-refractivity contribution in [2.75, 3.05) is 27.3 Å². The predicted octanol–water partition coefficient (Wildman–Crippen LogP) is 5.52. The van der Waals surface area contributed by atoms with Crippen LogP contribution < -0.4 is 14.8 Å². The Bertz CT molecular complexity index is 972. The van der Waals surface area contributed by atoms with Crippen LogP contribution in [0.1, 0.15) is 84.9 Å². The number of benzene rings is 1. The van der Waals surface area contributed by atoms with E-state index in [4.69, 9.17) is 18.9 Å². The van der Waals surface area contributed by atoms with Gasteiger partial charge in [0.1, 0.15) is 17.7 Å². The summed E-state index contributed by atoms with van der Waals surface area (Å²) in [5.41, 5.74) is 1.81. The first kappa shape index (κ1) is 30.1. The summed E-state index contributed by atoms with van der Waals surface area (Å²) in [5.74, 6) is 1.66. The summed E-state index contributed by atoms with van der Waals surface area (Å²) in [6.45, 7) is 15.6. The third kappa shape index (κ3) is 7.33. The standard InChI is InChI=1S/C30H48N2O6/c1-10-19(4)27(31-29(34)38-30(5,6)7)28(33)37-24-16-23-22-15-26(36-9)25(35-8)14-20(22)11-12-32(23)17-21(24)13-18(2)3/h14-15,18-19,21,23-24,27H,10-13,16-17H2,1-9H3,(H,31,34)/t19?,21-,23-,24-,27+/m1/s1. The van der Waals surface area contributed by atoms with Crippen LogP contribution in [0, 0.1) is 17.8 Å². The molecule has 0 saturated carbocycles. The predicted molar refractivity (Wildman–Crippen MR) is 148 cm³/mol. The van der Waals surface area contributed by atoms with E-state index in [1.807, 2.05) is 13.8 Å². The Hall–Kier alpha value is -2.48. The molecular formula is C30H48N2O6. The summed E-state index contributed by atoms with van der Waals surface area (Å²) >= 11 is 0. The van der Waals surface area contributed by atoms with Gasteiger partial charge in [0.25, 0.3) is 0 Å². The summed E-state index contributed by atoms with van der Waals surface area (Å²) in [5, 5.41) is 2.79. The second-order valence-corrected chi connectivity index (χ2v) is 12.3. The van der Waals surface area contributed by atoms with Crippen molar-refractivity contribution in [3.8, 4) is 11.5 Å². The third-order valence-electron chi connectivity index (χ3n) is 7.74. The molecule has 2 aliphatic heterocycles. The van der Waals surface area contributed by atoms with Gasteiger partial charge in [-0.25, -0.2) is 9.59 Å². The molecule has 2 aliphatic rings. The van der Waals surface area contributed by atoms with E-state index in [1.165, 1.54) is 11.1 Å². The largest absolute Gasteiger partial charge is 0.493 e. The van der Waals surface area contributed by atoms with Crippen molar-refractivity contribution in [1.29, 1.82) is 0 Å². The van der Waals surface area contributed by atoms with Crippen molar-refractivity contribution in [1.82, 2.24) is 10.2 Å². The molecule has 8 heteroatoms. The van der Waals surface area contributed by atoms with Gasteiger partial charge in [0.15, 0.2) is 11.5 Å². The maximum absolute atomic E-state index is 13.6. The quantitative estimate of drug-likeness (QED) is 0.419. The van der Waals surface area contributed by atoms with Crippen molar-refractivity contribution in [3.63, 3.8) is 0 Å². The van der Waals surface area contributed by atoms with Crippen LogP contribution in [0.5, 0.6) is 11.5 Å². The number of hydrogen-bond acceptors (Lipinski definition) is 7. The van der Waals surface area contributed by atoms with Gasteiger partial charge >= 0.3 is 12.1 Å². The molecule has 1 aromatic rings. The van der Waals surface area contributed by atoms with Gasteiger partial charge in [-0.1, -0.05) is 34.1 Å². The lowest BCUT2D eigenvalue weighted by Gasteiger charge is -2.47. The van der Waals surface area contributed by atoms with E-state index in [-0.39, 0.29) is 30.0 Å². The minimum Gasteiger partial charge on any atom is -0.493 e. The van der Waals surface area contributed by atoms with E-state index in [1.54, 1.807) is 35.0 Å². The fraction of sp³-hybridized carbons (Fsp3) is 0.733. The molecule has 3 rings (SSSR count). The van der Waals surface area contributed by atoms with Crippen LogP contribution in [0.3, 0.4) is 0 Å². The lowest BCUT2D eigenvalue weighted by atomic mass is 9.79. The Morgan fingerprint density at radius 2 is 1.76 bits per heavy atom. The second kappa shape index (κ2) is 12.6. The van der Waals surface area contributed by atoms with Crippen LogP contribution in [0.2, 0.25) is 0 Å². The van der Waals surface area contributed by atoms with Crippen LogP contribution in [0.4, 0.5) is 4.79 Å². The summed E-state index contributed by atoms with van der Waals surface area (Å²) in [4.78, 5) is 28.7. The molecule has 0 aliphatic carbocycles. The van der Waals surface area contributed by atoms with Gasteiger partial charge in [-0.3, -0.25) is 4.90 Å². The smallest absolute Gasteiger partial charge is 0.408 e. The van der Waals surface area contributed by atoms with E-state index in [0.29, 0.717) is 18.1 Å². The molecule has 214 valence electrons. The molecule has 38 heavy (non-hydrogen) atoms. The fourth-order valence-corrected chi connectivity index (χ4v) is 5.71. The number of fused-ring (bicyclic) bond motifs is 3. The number of alkyl carbamates (subject to hydrolysis) is 1. The SMILES string of the molecule is CCC(C)[C@H](NC(=O)OC(C)(C)C)C(=O)O[C@@H]1C[C@@H]2c3cc(OC)c(OC)cc3CCN2C[C@H]1CC(C)C. The van der Waals surface area contributed by atoms with Crippen LogP contribution >= 0.6 is 0 Å². The fourth-order valence-electron chi connectivity index (χ4n) is 5.71. The topological polar surface area (TPSA) is 86.3 Å². The normalized spacial score (nSPS) is 23.1.